The van der Waals surface area contributed by atoms with Crippen molar-refractivity contribution in [3.05, 3.63) is 16.1 Å². The number of rotatable bonds is 7. The largest absolute Gasteiger partial charge is 0.356 e. The fourth-order valence-corrected chi connectivity index (χ4v) is 2.68. The summed E-state index contributed by atoms with van der Waals surface area (Å²) in [6.07, 6.45) is 6.49. The molecule has 0 saturated carbocycles. The Bertz CT molecular complexity index is 363. The summed E-state index contributed by atoms with van der Waals surface area (Å²) in [5.41, 5.74) is 0. The lowest BCUT2D eigenvalue weighted by Gasteiger charge is -2.10. The number of guanidine groups is 1. The zero-order chi connectivity index (χ0) is 13.2. The van der Waals surface area contributed by atoms with Crippen molar-refractivity contribution < 1.29 is 0 Å². The van der Waals surface area contributed by atoms with Gasteiger partial charge in [0.15, 0.2) is 5.96 Å². The number of unbranched alkanes of at least 4 members (excludes halogenated alkanes) is 1. The molecule has 1 aromatic rings. The van der Waals surface area contributed by atoms with E-state index in [1.807, 2.05) is 24.9 Å². The molecular weight excluding hydrogens is 264 g/mol. The van der Waals surface area contributed by atoms with Gasteiger partial charge in [0.05, 0.1) is 11.6 Å². The first-order valence-electron chi connectivity index (χ1n) is 6.11. The fraction of sp³-hybridized carbons (Fsp3) is 0.667. The van der Waals surface area contributed by atoms with E-state index in [0.717, 1.165) is 24.1 Å². The molecule has 6 heteroatoms. The molecule has 4 nitrogen and oxygen atoms in total. The van der Waals surface area contributed by atoms with Crippen LogP contribution in [-0.2, 0) is 6.54 Å². The topological polar surface area (TPSA) is 49.3 Å². The van der Waals surface area contributed by atoms with Crippen molar-refractivity contribution in [2.24, 2.45) is 4.99 Å². The third-order valence-corrected chi connectivity index (χ3v) is 4.00. The van der Waals surface area contributed by atoms with Gasteiger partial charge in [0.25, 0.3) is 0 Å². The molecule has 0 saturated heterocycles. The predicted octanol–water partition coefficient (Wildman–Crippen LogP) is 2.26. The van der Waals surface area contributed by atoms with Crippen LogP contribution in [0.5, 0.6) is 0 Å². The Hall–Kier alpha value is -0.750. The number of aromatic nitrogens is 1. The van der Waals surface area contributed by atoms with Gasteiger partial charge >= 0.3 is 0 Å². The molecule has 1 aromatic heterocycles. The number of thiazole rings is 1. The van der Waals surface area contributed by atoms with Gasteiger partial charge in [-0.2, -0.15) is 11.8 Å². The van der Waals surface area contributed by atoms with Crippen LogP contribution >= 0.6 is 23.1 Å². The molecule has 1 heterocycles. The van der Waals surface area contributed by atoms with Crippen molar-refractivity contribution in [1.29, 1.82) is 0 Å². The van der Waals surface area contributed by atoms with Crippen molar-refractivity contribution >= 4 is 29.1 Å². The van der Waals surface area contributed by atoms with Gasteiger partial charge < -0.3 is 10.6 Å². The number of hydrogen-bond acceptors (Lipinski definition) is 4. The highest BCUT2D eigenvalue weighted by atomic mass is 32.2. The van der Waals surface area contributed by atoms with E-state index >= 15 is 0 Å². The Labute approximate surface area is 118 Å². The van der Waals surface area contributed by atoms with Crippen molar-refractivity contribution in [1.82, 2.24) is 15.6 Å². The van der Waals surface area contributed by atoms with E-state index in [9.17, 15) is 0 Å². The summed E-state index contributed by atoms with van der Waals surface area (Å²) in [7, 11) is 1.80. The van der Waals surface area contributed by atoms with Crippen LogP contribution in [-0.4, -0.2) is 36.5 Å². The average molecular weight is 286 g/mol. The summed E-state index contributed by atoms with van der Waals surface area (Å²) in [6, 6.07) is 0. The van der Waals surface area contributed by atoms with E-state index in [1.54, 1.807) is 18.4 Å². The summed E-state index contributed by atoms with van der Waals surface area (Å²) >= 11 is 3.61. The third-order valence-electron chi connectivity index (χ3n) is 2.39. The summed E-state index contributed by atoms with van der Waals surface area (Å²) in [5, 5.41) is 7.72. The Balaban J connectivity index is 2.18. The molecule has 102 valence electrons. The smallest absolute Gasteiger partial charge is 0.191 e. The number of hydrogen-bond donors (Lipinski definition) is 2. The highest BCUT2D eigenvalue weighted by Gasteiger charge is 2.00. The summed E-state index contributed by atoms with van der Waals surface area (Å²) in [4.78, 5) is 9.67. The summed E-state index contributed by atoms with van der Waals surface area (Å²) in [6.45, 7) is 3.78. The van der Waals surface area contributed by atoms with Gasteiger partial charge in [-0.25, -0.2) is 4.98 Å². The van der Waals surface area contributed by atoms with Gasteiger partial charge in [-0.05, 0) is 31.8 Å². The first-order valence-corrected chi connectivity index (χ1v) is 8.32. The van der Waals surface area contributed by atoms with E-state index in [-0.39, 0.29) is 0 Å². The average Bonchev–Trinajstić information content (AvgIpc) is 2.78. The molecular formula is C12H22N4S2. The van der Waals surface area contributed by atoms with Crippen LogP contribution in [0, 0.1) is 6.92 Å². The highest BCUT2D eigenvalue weighted by Crippen LogP contribution is 2.10. The second kappa shape index (κ2) is 9.22. The molecule has 0 aliphatic heterocycles. The molecule has 0 spiro atoms. The van der Waals surface area contributed by atoms with Crippen LogP contribution < -0.4 is 10.6 Å². The molecule has 0 amide bonds. The van der Waals surface area contributed by atoms with Gasteiger partial charge in [0, 0.05) is 24.7 Å². The van der Waals surface area contributed by atoms with Crippen LogP contribution in [0.2, 0.25) is 0 Å². The van der Waals surface area contributed by atoms with E-state index in [1.165, 1.54) is 23.5 Å². The number of thioether (sulfide) groups is 1. The summed E-state index contributed by atoms with van der Waals surface area (Å²) in [5.74, 6) is 2.10. The SMILES string of the molecule is CN=C(NCCCCSC)NCc1cnc(C)s1. The second-order valence-electron chi connectivity index (χ2n) is 3.90. The molecule has 0 radical (unpaired) electrons. The maximum absolute atomic E-state index is 4.23. The highest BCUT2D eigenvalue weighted by molar-refractivity contribution is 7.98. The molecule has 0 aromatic carbocycles. The predicted molar refractivity (Wildman–Crippen MR) is 82.7 cm³/mol. The fourth-order valence-electron chi connectivity index (χ4n) is 1.46. The first-order chi connectivity index (χ1) is 8.76. The second-order valence-corrected chi connectivity index (χ2v) is 6.20. The lowest BCUT2D eigenvalue weighted by atomic mass is 10.3. The number of aryl methyl sites for hydroxylation is 1. The van der Waals surface area contributed by atoms with E-state index in [2.05, 4.69) is 26.9 Å². The van der Waals surface area contributed by atoms with Gasteiger partial charge in [0.1, 0.15) is 0 Å². The van der Waals surface area contributed by atoms with Crippen molar-refractivity contribution in [3.8, 4) is 0 Å². The van der Waals surface area contributed by atoms with Crippen LogP contribution in [0.1, 0.15) is 22.7 Å². The Morgan fingerprint density at radius 3 is 2.89 bits per heavy atom. The minimum absolute atomic E-state index is 0.788. The van der Waals surface area contributed by atoms with E-state index in [0.29, 0.717) is 0 Å². The Morgan fingerprint density at radius 2 is 2.28 bits per heavy atom. The monoisotopic (exact) mass is 286 g/mol. The number of aliphatic imine (C=N–C) groups is 1. The molecule has 18 heavy (non-hydrogen) atoms. The molecule has 1 rings (SSSR count). The normalized spacial score (nSPS) is 11.6. The maximum Gasteiger partial charge on any atom is 0.191 e. The van der Waals surface area contributed by atoms with Gasteiger partial charge in [0.2, 0.25) is 0 Å². The van der Waals surface area contributed by atoms with E-state index < -0.39 is 0 Å². The van der Waals surface area contributed by atoms with Crippen LogP contribution in [0.3, 0.4) is 0 Å². The molecule has 0 fully saturated rings. The van der Waals surface area contributed by atoms with Crippen molar-refractivity contribution in [3.63, 3.8) is 0 Å². The number of nitrogens with zero attached hydrogens (tertiary/aromatic N) is 2. The Morgan fingerprint density at radius 1 is 1.44 bits per heavy atom. The van der Waals surface area contributed by atoms with Crippen LogP contribution in [0.4, 0.5) is 0 Å². The maximum atomic E-state index is 4.23. The molecule has 0 aliphatic carbocycles. The summed E-state index contributed by atoms with van der Waals surface area (Å²) < 4.78 is 0. The van der Waals surface area contributed by atoms with Crippen molar-refractivity contribution in [2.75, 3.05) is 25.6 Å². The quantitative estimate of drug-likeness (QED) is 0.458. The minimum Gasteiger partial charge on any atom is -0.356 e. The zero-order valence-electron chi connectivity index (χ0n) is 11.3. The van der Waals surface area contributed by atoms with Gasteiger partial charge in [-0.3, -0.25) is 4.99 Å². The minimum atomic E-state index is 0.788. The van der Waals surface area contributed by atoms with Gasteiger partial charge in [-0.15, -0.1) is 11.3 Å². The van der Waals surface area contributed by atoms with Crippen LogP contribution in [0.25, 0.3) is 0 Å². The molecule has 2 N–H and O–H groups in total. The van der Waals surface area contributed by atoms with E-state index in [4.69, 9.17) is 0 Å². The third kappa shape index (κ3) is 6.26. The molecule has 0 atom stereocenters. The Kier molecular flexibility index (Phi) is 7.84. The number of nitrogens with one attached hydrogen (secondary N) is 2. The first kappa shape index (κ1) is 15.3. The van der Waals surface area contributed by atoms with Crippen LogP contribution in [0.15, 0.2) is 11.2 Å². The molecule has 0 unspecified atom stereocenters. The molecule has 0 bridgehead atoms. The lowest BCUT2D eigenvalue weighted by Crippen LogP contribution is -2.37. The van der Waals surface area contributed by atoms with Crippen molar-refractivity contribution in [2.45, 2.75) is 26.3 Å². The molecule has 0 aliphatic rings. The lowest BCUT2D eigenvalue weighted by molar-refractivity contribution is 0.734. The standard InChI is InChI=1S/C12H22N4S2/c1-10-15-8-11(18-10)9-16-12(13-2)14-6-4-5-7-17-3/h8H,4-7,9H2,1-3H3,(H2,13,14,16). The zero-order valence-corrected chi connectivity index (χ0v) is 13.0. The van der Waals surface area contributed by atoms with Gasteiger partial charge in [-0.1, -0.05) is 0 Å².